The number of imidazole rings is 1. The highest BCUT2D eigenvalue weighted by molar-refractivity contribution is 9.11. The van der Waals surface area contributed by atoms with E-state index in [-0.39, 0.29) is 16.3 Å². The first kappa shape index (κ1) is 15.0. The predicted octanol–water partition coefficient (Wildman–Crippen LogP) is 5.00. The lowest BCUT2D eigenvalue weighted by Gasteiger charge is -2.13. The van der Waals surface area contributed by atoms with Gasteiger partial charge in [-0.25, -0.2) is 9.18 Å². The lowest BCUT2D eigenvalue weighted by Crippen LogP contribution is -1.99. The number of H-pyrrole nitrogens is 2. The van der Waals surface area contributed by atoms with E-state index in [4.69, 9.17) is 0 Å². The maximum atomic E-state index is 13.3. The normalized spacial score (nSPS) is 12.8. The summed E-state index contributed by atoms with van der Waals surface area (Å²) < 4.78 is 14.6. The number of aromatic nitrogens is 2. The molecular weight excluding hydrogens is 471 g/mol. The Morgan fingerprint density at radius 1 is 1.00 bits per heavy atom. The van der Waals surface area contributed by atoms with Crippen molar-refractivity contribution < 1.29 is 4.39 Å². The van der Waals surface area contributed by atoms with Crippen LogP contribution in [0.25, 0.3) is 11.0 Å². The summed E-state index contributed by atoms with van der Waals surface area (Å²) in [5.41, 5.74) is 3.06. The van der Waals surface area contributed by atoms with Gasteiger partial charge in [0.25, 0.3) is 0 Å². The van der Waals surface area contributed by atoms with E-state index in [1.165, 1.54) is 6.07 Å². The average Bonchev–Trinajstić information content (AvgIpc) is 2.79. The predicted molar refractivity (Wildman–Crippen MR) is 91.5 cm³/mol. The Bertz CT molecular complexity index is 888. The van der Waals surface area contributed by atoms with Gasteiger partial charge in [0.1, 0.15) is 5.82 Å². The van der Waals surface area contributed by atoms with Crippen LogP contribution in [0.2, 0.25) is 0 Å². The highest BCUT2D eigenvalue weighted by atomic mass is 79.9. The SMILES string of the molecule is O=c1[nH]c2cc(Br)c(C(Br)c3ccc(F)c(Br)c3)cc2[nH]1. The largest absolute Gasteiger partial charge is 0.323 e. The summed E-state index contributed by atoms with van der Waals surface area (Å²) in [7, 11) is 0. The third kappa shape index (κ3) is 2.86. The first-order chi connectivity index (χ1) is 9.95. The lowest BCUT2D eigenvalue weighted by atomic mass is 10.0. The fourth-order valence-corrected chi connectivity index (χ4v) is 4.06. The minimum Gasteiger partial charge on any atom is -0.306 e. The standard InChI is InChI=1S/C14H8Br3FN2O/c15-8-5-12-11(19-14(21)20-12)4-7(8)13(17)6-1-2-10(18)9(16)3-6/h1-5,13H,(H2,19,20,21). The third-order valence-electron chi connectivity index (χ3n) is 3.14. The number of nitrogens with one attached hydrogen (secondary N) is 2. The van der Waals surface area contributed by atoms with Gasteiger partial charge in [-0.05, 0) is 51.3 Å². The molecule has 1 atom stereocenters. The molecule has 3 aromatic rings. The van der Waals surface area contributed by atoms with Crippen molar-refractivity contribution in [1.29, 1.82) is 0 Å². The molecule has 0 saturated carbocycles. The van der Waals surface area contributed by atoms with E-state index in [1.54, 1.807) is 12.1 Å². The molecule has 108 valence electrons. The van der Waals surface area contributed by atoms with Crippen LogP contribution in [0.5, 0.6) is 0 Å². The van der Waals surface area contributed by atoms with Gasteiger partial charge in [-0.2, -0.15) is 0 Å². The molecular formula is C14H8Br3FN2O. The summed E-state index contributed by atoms with van der Waals surface area (Å²) in [6.07, 6.45) is 0. The van der Waals surface area contributed by atoms with Crippen molar-refractivity contribution in [1.82, 2.24) is 9.97 Å². The first-order valence-corrected chi connectivity index (χ1v) is 8.46. The van der Waals surface area contributed by atoms with Gasteiger partial charge in [0.15, 0.2) is 0 Å². The molecule has 0 bridgehead atoms. The van der Waals surface area contributed by atoms with E-state index in [9.17, 15) is 9.18 Å². The molecule has 21 heavy (non-hydrogen) atoms. The Labute approximate surface area is 144 Å². The van der Waals surface area contributed by atoms with Crippen LogP contribution >= 0.6 is 47.8 Å². The van der Waals surface area contributed by atoms with Crippen LogP contribution in [0.1, 0.15) is 16.0 Å². The quantitative estimate of drug-likeness (QED) is 0.500. The molecule has 1 unspecified atom stereocenters. The number of hydrogen-bond acceptors (Lipinski definition) is 1. The summed E-state index contributed by atoms with van der Waals surface area (Å²) in [6.45, 7) is 0. The molecule has 0 radical (unpaired) electrons. The molecule has 0 amide bonds. The Kier molecular flexibility index (Phi) is 4.07. The van der Waals surface area contributed by atoms with Gasteiger partial charge in [0.05, 0.1) is 20.3 Å². The molecule has 0 fully saturated rings. The van der Waals surface area contributed by atoms with Crippen LogP contribution in [-0.2, 0) is 0 Å². The second-order valence-electron chi connectivity index (χ2n) is 4.53. The molecule has 3 rings (SSSR count). The third-order valence-corrected chi connectivity index (χ3v) is 5.46. The van der Waals surface area contributed by atoms with Crippen molar-refractivity contribution in [3.8, 4) is 0 Å². The Hall–Kier alpha value is -0.920. The molecule has 7 heteroatoms. The van der Waals surface area contributed by atoms with Crippen molar-refractivity contribution in [3.05, 3.63) is 66.7 Å². The minimum absolute atomic E-state index is 0.133. The van der Waals surface area contributed by atoms with Gasteiger partial charge < -0.3 is 9.97 Å². The molecule has 0 aliphatic rings. The molecule has 2 aromatic carbocycles. The molecule has 0 saturated heterocycles. The van der Waals surface area contributed by atoms with Gasteiger partial charge in [0, 0.05) is 4.47 Å². The van der Waals surface area contributed by atoms with Crippen molar-refractivity contribution in [2.75, 3.05) is 0 Å². The fourth-order valence-electron chi connectivity index (χ4n) is 2.12. The van der Waals surface area contributed by atoms with E-state index in [0.717, 1.165) is 26.6 Å². The van der Waals surface area contributed by atoms with Crippen molar-refractivity contribution in [2.24, 2.45) is 0 Å². The zero-order valence-corrected chi connectivity index (χ0v) is 15.1. The summed E-state index contributed by atoms with van der Waals surface area (Å²) in [5, 5.41) is 0. The topological polar surface area (TPSA) is 48.6 Å². The second-order valence-corrected chi connectivity index (χ2v) is 7.16. The van der Waals surface area contributed by atoms with Crippen LogP contribution in [0.15, 0.2) is 44.1 Å². The Morgan fingerprint density at radius 3 is 2.33 bits per heavy atom. The monoisotopic (exact) mass is 476 g/mol. The number of benzene rings is 2. The van der Waals surface area contributed by atoms with Gasteiger partial charge >= 0.3 is 5.69 Å². The summed E-state index contributed by atoms with van der Waals surface area (Å²) in [5.74, 6) is -0.303. The number of alkyl halides is 1. The maximum absolute atomic E-state index is 13.3. The number of halogens is 4. The summed E-state index contributed by atoms with van der Waals surface area (Å²) in [6, 6.07) is 8.59. The zero-order chi connectivity index (χ0) is 15.1. The Balaban J connectivity index is 2.11. The smallest absolute Gasteiger partial charge is 0.306 e. The lowest BCUT2D eigenvalue weighted by molar-refractivity contribution is 0.620. The van der Waals surface area contributed by atoms with Crippen molar-refractivity contribution >= 4 is 58.8 Å². The molecule has 1 heterocycles. The molecule has 1 aromatic heterocycles. The van der Waals surface area contributed by atoms with Gasteiger partial charge in [-0.1, -0.05) is 37.9 Å². The minimum atomic E-state index is -0.303. The van der Waals surface area contributed by atoms with Crippen LogP contribution in [0.3, 0.4) is 0 Å². The van der Waals surface area contributed by atoms with E-state index in [1.807, 2.05) is 12.1 Å². The average molecular weight is 479 g/mol. The van der Waals surface area contributed by atoms with Gasteiger partial charge in [-0.3, -0.25) is 0 Å². The number of fused-ring (bicyclic) bond motifs is 1. The summed E-state index contributed by atoms with van der Waals surface area (Å²) in [4.78, 5) is 16.7. The van der Waals surface area contributed by atoms with E-state index < -0.39 is 0 Å². The molecule has 0 spiro atoms. The highest BCUT2D eigenvalue weighted by Crippen LogP contribution is 2.38. The number of rotatable bonds is 2. The fraction of sp³-hybridized carbons (Fsp3) is 0.0714. The Morgan fingerprint density at radius 2 is 1.67 bits per heavy atom. The van der Waals surface area contributed by atoms with Gasteiger partial charge in [-0.15, -0.1) is 0 Å². The van der Waals surface area contributed by atoms with E-state index in [0.29, 0.717) is 4.47 Å². The second kappa shape index (κ2) is 5.70. The van der Waals surface area contributed by atoms with Crippen molar-refractivity contribution in [3.63, 3.8) is 0 Å². The maximum Gasteiger partial charge on any atom is 0.323 e. The molecule has 3 nitrogen and oxygen atoms in total. The van der Waals surface area contributed by atoms with Crippen LogP contribution in [-0.4, -0.2) is 9.97 Å². The molecule has 0 aliphatic heterocycles. The summed E-state index contributed by atoms with van der Waals surface area (Å²) >= 11 is 10.3. The van der Waals surface area contributed by atoms with Crippen LogP contribution in [0, 0.1) is 5.82 Å². The van der Waals surface area contributed by atoms with Gasteiger partial charge in [0.2, 0.25) is 0 Å². The van der Waals surface area contributed by atoms with E-state index >= 15 is 0 Å². The number of aromatic amines is 2. The van der Waals surface area contributed by atoms with Crippen molar-refractivity contribution in [2.45, 2.75) is 4.83 Å². The highest BCUT2D eigenvalue weighted by Gasteiger charge is 2.16. The first-order valence-electron chi connectivity index (χ1n) is 5.96. The molecule has 2 N–H and O–H groups in total. The van der Waals surface area contributed by atoms with Crippen LogP contribution < -0.4 is 5.69 Å². The van der Waals surface area contributed by atoms with Crippen LogP contribution in [0.4, 0.5) is 4.39 Å². The van der Waals surface area contributed by atoms with E-state index in [2.05, 4.69) is 57.8 Å². The zero-order valence-electron chi connectivity index (χ0n) is 10.4. The molecule has 0 aliphatic carbocycles. The number of hydrogen-bond donors (Lipinski definition) is 2.